The Morgan fingerprint density at radius 3 is 2.69 bits per heavy atom. The zero-order valence-electron chi connectivity index (χ0n) is 8.93. The summed E-state index contributed by atoms with van der Waals surface area (Å²) in [5.74, 6) is 0.371. The van der Waals surface area contributed by atoms with Gasteiger partial charge in [0.15, 0.2) is 0 Å². The van der Waals surface area contributed by atoms with Crippen LogP contribution in [0.2, 0.25) is 0 Å². The minimum Gasteiger partial charge on any atom is -0.280 e. The highest BCUT2D eigenvalue weighted by Gasteiger charge is 2.26. The zero-order valence-corrected chi connectivity index (χ0v) is 11.4. The second-order valence-electron chi connectivity index (χ2n) is 3.82. The first-order valence-electron chi connectivity index (χ1n) is 5.15. The number of rotatable bonds is 2. The Labute approximate surface area is 107 Å². The van der Waals surface area contributed by atoms with E-state index in [-0.39, 0.29) is 11.8 Å². The molecule has 0 saturated carbocycles. The molecule has 0 aliphatic carbocycles. The van der Waals surface area contributed by atoms with Crippen LogP contribution in [0.25, 0.3) is 0 Å². The van der Waals surface area contributed by atoms with Gasteiger partial charge in [0.2, 0.25) is 5.91 Å². The van der Waals surface area contributed by atoms with Gasteiger partial charge in [-0.15, -0.1) is 0 Å². The third kappa shape index (κ3) is 2.71. The van der Waals surface area contributed by atoms with Gasteiger partial charge >= 0.3 is 0 Å². The molecular weight excluding hydrogens is 288 g/mol. The van der Waals surface area contributed by atoms with Crippen molar-refractivity contribution in [3.63, 3.8) is 0 Å². The number of carbonyl (C=O) groups is 1. The summed E-state index contributed by atoms with van der Waals surface area (Å²) in [7, 11) is 0. The van der Waals surface area contributed by atoms with Gasteiger partial charge in [-0.3, -0.25) is 9.10 Å². The highest BCUT2D eigenvalue weighted by Crippen LogP contribution is 2.19. The summed E-state index contributed by atoms with van der Waals surface area (Å²) < 4.78 is 7.19. The van der Waals surface area contributed by atoms with Crippen LogP contribution in [0.4, 0.5) is 5.69 Å². The summed E-state index contributed by atoms with van der Waals surface area (Å²) >= 11 is 4.11. The Morgan fingerprint density at radius 2 is 2.12 bits per heavy atom. The molecule has 1 heterocycles. The first-order chi connectivity index (χ1) is 7.66. The maximum Gasteiger partial charge on any atom is 0.235 e. The summed E-state index contributed by atoms with van der Waals surface area (Å²) in [6.45, 7) is 2.79. The summed E-state index contributed by atoms with van der Waals surface area (Å²) in [5.41, 5.74) is 0.900. The first-order valence-corrected chi connectivity index (χ1v) is 6.75. The van der Waals surface area contributed by atoms with Crippen molar-refractivity contribution in [1.82, 2.24) is 4.31 Å². The van der Waals surface area contributed by atoms with Crippen LogP contribution >= 0.6 is 15.9 Å². The van der Waals surface area contributed by atoms with E-state index in [1.165, 1.54) is 0 Å². The van der Waals surface area contributed by atoms with Gasteiger partial charge in [-0.05, 0) is 42.4 Å². The molecular formula is C11H13BrN2OS. The molecule has 1 unspecified atom stereocenters. The van der Waals surface area contributed by atoms with Crippen LogP contribution < -0.4 is 0 Å². The molecule has 0 bridgehead atoms. The van der Waals surface area contributed by atoms with Crippen LogP contribution in [-0.2, 0) is 16.5 Å². The van der Waals surface area contributed by atoms with Crippen molar-refractivity contribution in [1.29, 1.82) is 0 Å². The van der Waals surface area contributed by atoms with Crippen LogP contribution in [0.5, 0.6) is 0 Å². The molecule has 1 atom stereocenters. The maximum atomic E-state index is 11.6. The van der Waals surface area contributed by atoms with Gasteiger partial charge in [-0.2, -0.15) is 0 Å². The average Bonchev–Trinajstić information content (AvgIpc) is 2.60. The van der Waals surface area contributed by atoms with E-state index in [0.717, 1.165) is 34.9 Å². The molecule has 1 aromatic rings. The van der Waals surface area contributed by atoms with Gasteiger partial charge in [0.05, 0.1) is 5.69 Å². The van der Waals surface area contributed by atoms with Crippen LogP contribution in [-0.4, -0.2) is 16.8 Å². The molecule has 0 spiro atoms. The molecule has 3 nitrogen and oxygen atoms in total. The average molecular weight is 301 g/mol. The van der Waals surface area contributed by atoms with Gasteiger partial charge in [0, 0.05) is 16.9 Å². The van der Waals surface area contributed by atoms with E-state index < -0.39 is 0 Å². The second kappa shape index (κ2) is 5.10. The van der Waals surface area contributed by atoms with Crippen molar-refractivity contribution in [2.24, 2.45) is 10.3 Å². The van der Waals surface area contributed by atoms with Crippen LogP contribution in [0.15, 0.2) is 33.1 Å². The Balaban J connectivity index is 2.04. The number of carbonyl (C=O) groups excluding carboxylic acids is 1. The third-order valence-electron chi connectivity index (χ3n) is 2.54. The van der Waals surface area contributed by atoms with E-state index in [0.29, 0.717) is 0 Å². The smallest absolute Gasteiger partial charge is 0.235 e. The molecule has 0 N–H and O–H groups in total. The fourth-order valence-corrected chi connectivity index (χ4v) is 2.61. The molecule has 1 fully saturated rings. The fourth-order valence-electron chi connectivity index (χ4n) is 1.51. The van der Waals surface area contributed by atoms with Gasteiger partial charge in [-0.1, -0.05) is 22.9 Å². The number of benzene rings is 1. The lowest BCUT2D eigenvalue weighted by molar-refractivity contribution is -0.126. The molecule has 0 aromatic heterocycles. The number of thiol groups is 1. The topological polar surface area (TPSA) is 32.7 Å². The highest BCUT2D eigenvalue weighted by atomic mass is 79.9. The normalized spacial score (nSPS) is 21.5. The second-order valence-corrected chi connectivity index (χ2v) is 5.59. The number of nitrogens with zero attached hydrogens (tertiary/aromatic N) is 2. The summed E-state index contributed by atoms with van der Waals surface area (Å²) in [5, 5.41) is 0. The SMILES string of the molecule is CC1CCN([SH]=Nc2ccc(Br)cc2)C1=O. The van der Waals surface area contributed by atoms with Crippen molar-refractivity contribution >= 4 is 39.3 Å². The fraction of sp³-hybridized carbons (Fsp3) is 0.364. The number of amides is 1. The summed E-state index contributed by atoms with van der Waals surface area (Å²) in [6, 6.07) is 7.76. The lowest BCUT2D eigenvalue weighted by Gasteiger charge is -2.08. The molecule has 86 valence electrons. The molecule has 1 amide bonds. The van der Waals surface area contributed by atoms with Crippen LogP contribution in [0.1, 0.15) is 13.3 Å². The van der Waals surface area contributed by atoms with E-state index >= 15 is 0 Å². The van der Waals surface area contributed by atoms with Crippen LogP contribution in [0.3, 0.4) is 0 Å². The third-order valence-corrected chi connectivity index (χ3v) is 4.01. The number of halogens is 1. The highest BCUT2D eigenvalue weighted by molar-refractivity contribution is 9.10. The Hall–Kier alpha value is -0.680. The van der Waals surface area contributed by atoms with E-state index in [1.54, 1.807) is 4.31 Å². The molecule has 2 rings (SSSR count). The van der Waals surface area contributed by atoms with E-state index in [9.17, 15) is 4.79 Å². The van der Waals surface area contributed by atoms with Gasteiger partial charge in [0.1, 0.15) is 0 Å². The number of hydrogen-bond acceptors (Lipinski definition) is 2. The molecule has 0 radical (unpaired) electrons. The molecule has 16 heavy (non-hydrogen) atoms. The van der Waals surface area contributed by atoms with Crippen LogP contribution in [0, 0.1) is 5.92 Å². The van der Waals surface area contributed by atoms with Crippen molar-refractivity contribution in [2.45, 2.75) is 13.3 Å². The molecule has 1 saturated heterocycles. The standard InChI is InChI=1S/C11H13BrN2OS/c1-8-6-7-14(11(8)15)16-13-10-4-2-9(12)3-5-10/h2-5,8,16H,6-7H2,1H3. The van der Waals surface area contributed by atoms with Crippen molar-refractivity contribution < 1.29 is 4.79 Å². The van der Waals surface area contributed by atoms with Crippen molar-refractivity contribution in [3.05, 3.63) is 28.7 Å². The molecule has 5 heteroatoms. The summed E-state index contributed by atoms with van der Waals surface area (Å²) in [6.07, 6.45) is 0.946. The van der Waals surface area contributed by atoms with Gasteiger partial charge < -0.3 is 0 Å². The minimum atomic E-state index is 0.160. The minimum absolute atomic E-state index is 0.160. The van der Waals surface area contributed by atoms with Crippen molar-refractivity contribution in [3.8, 4) is 0 Å². The molecule has 1 aliphatic rings. The maximum absolute atomic E-state index is 11.6. The van der Waals surface area contributed by atoms with Gasteiger partial charge in [0.25, 0.3) is 0 Å². The zero-order chi connectivity index (χ0) is 11.5. The van der Waals surface area contributed by atoms with E-state index in [2.05, 4.69) is 20.3 Å². The number of hydrogen-bond donors (Lipinski definition) is 1. The predicted octanol–water partition coefficient (Wildman–Crippen LogP) is 2.86. The molecule has 1 aromatic carbocycles. The van der Waals surface area contributed by atoms with E-state index in [1.807, 2.05) is 31.2 Å². The largest absolute Gasteiger partial charge is 0.280 e. The summed E-state index contributed by atoms with van der Waals surface area (Å²) in [4.78, 5) is 11.6. The first kappa shape index (κ1) is 11.8. The lowest BCUT2D eigenvalue weighted by atomic mass is 10.1. The monoisotopic (exact) mass is 300 g/mol. The Morgan fingerprint density at radius 1 is 1.44 bits per heavy atom. The lowest BCUT2D eigenvalue weighted by Crippen LogP contribution is -2.21. The Kier molecular flexibility index (Phi) is 3.76. The predicted molar refractivity (Wildman–Crippen MR) is 70.5 cm³/mol. The Bertz CT molecular complexity index is 418. The van der Waals surface area contributed by atoms with Crippen molar-refractivity contribution in [2.75, 3.05) is 6.54 Å². The van der Waals surface area contributed by atoms with Gasteiger partial charge in [-0.25, -0.2) is 4.36 Å². The van der Waals surface area contributed by atoms with E-state index in [4.69, 9.17) is 0 Å². The molecule has 1 aliphatic heterocycles. The quantitative estimate of drug-likeness (QED) is 0.837.